The zero-order valence-electron chi connectivity index (χ0n) is 10.2. The lowest BCUT2D eigenvalue weighted by Crippen LogP contribution is -2.33. The fraction of sp³-hybridized carbons (Fsp3) is 0.571. The van der Waals surface area contributed by atoms with Crippen LogP contribution in [0.25, 0.3) is 0 Å². The molecule has 2 nitrogen and oxygen atoms in total. The first-order chi connectivity index (χ1) is 7.81. The van der Waals surface area contributed by atoms with Crippen molar-refractivity contribution in [3.05, 3.63) is 35.4 Å². The molecule has 0 bridgehead atoms. The molecule has 0 aromatic heterocycles. The highest BCUT2D eigenvalue weighted by Gasteiger charge is 2.15. The predicted molar refractivity (Wildman–Crippen MR) is 66.7 cm³/mol. The first-order valence-electron chi connectivity index (χ1n) is 6.23. The van der Waals surface area contributed by atoms with Crippen molar-refractivity contribution in [2.24, 2.45) is 0 Å². The number of rotatable bonds is 3. The Bertz CT molecular complexity index is 314. The van der Waals surface area contributed by atoms with E-state index in [1.807, 2.05) is 0 Å². The van der Waals surface area contributed by atoms with Crippen molar-refractivity contribution < 1.29 is 4.74 Å². The van der Waals surface area contributed by atoms with Crippen LogP contribution in [0.5, 0.6) is 0 Å². The van der Waals surface area contributed by atoms with E-state index in [2.05, 4.69) is 43.4 Å². The Hall–Kier alpha value is -0.860. The van der Waals surface area contributed by atoms with Crippen LogP contribution in [0, 0.1) is 0 Å². The van der Waals surface area contributed by atoms with E-state index in [4.69, 9.17) is 4.74 Å². The SMILES string of the molecule is CCC(C)c1ccc(C2CNCCO2)cc1. The molecule has 2 rings (SSSR count). The van der Waals surface area contributed by atoms with Crippen molar-refractivity contribution in [1.29, 1.82) is 0 Å². The normalized spacial score (nSPS) is 23.0. The molecule has 2 atom stereocenters. The van der Waals surface area contributed by atoms with Gasteiger partial charge < -0.3 is 10.1 Å². The van der Waals surface area contributed by atoms with Crippen molar-refractivity contribution in [3.63, 3.8) is 0 Å². The maximum atomic E-state index is 5.73. The average molecular weight is 219 g/mol. The smallest absolute Gasteiger partial charge is 0.0949 e. The van der Waals surface area contributed by atoms with Gasteiger partial charge in [-0.05, 0) is 23.5 Å². The second-order valence-electron chi connectivity index (χ2n) is 4.54. The summed E-state index contributed by atoms with van der Waals surface area (Å²) in [6, 6.07) is 8.89. The Labute approximate surface area is 98.0 Å². The third kappa shape index (κ3) is 2.63. The van der Waals surface area contributed by atoms with Crippen molar-refractivity contribution in [2.45, 2.75) is 32.3 Å². The molecule has 2 heteroatoms. The molecule has 2 unspecified atom stereocenters. The molecule has 88 valence electrons. The van der Waals surface area contributed by atoms with E-state index in [0.29, 0.717) is 5.92 Å². The zero-order valence-corrected chi connectivity index (χ0v) is 10.2. The van der Waals surface area contributed by atoms with Crippen LogP contribution in [0.3, 0.4) is 0 Å². The first-order valence-corrected chi connectivity index (χ1v) is 6.23. The summed E-state index contributed by atoms with van der Waals surface area (Å²) >= 11 is 0. The Balaban J connectivity index is 2.06. The second kappa shape index (κ2) is 5.46. The standard InChI is InChI=1S/C14H21NO/c1-3-11(2)12-4-6-13(7-5-12)14-10-15-8-9-16-14/h4-7,11,14-15H,3,8-10H2,1-2H3. The second-order valence-corrected chi connectivity index (χ2v) is 4.54. The van der Waals surface area contributed by atoms with E-state index in [1.165, 1.54) is 17.5 Å². The van der Waals surface area contributed by atoms with Gasteiger partial charge in [0.25, 0.3) is 0 Å². The third-order valence-corrected chi connectivity index (χ3v) is 3.42. The van der Waals surface area contributed by atoms with Gasteiger partial charge >= 0.3 is 0 Å². The number of benzene rings is 1. The van der Waals surface area contributed by atoms with Crippen LogP contribution in [0.15, 0.2) is 24.3 Å². The Morgan fingerprint density at radius 1 is 1.38 bits per heavy atom. The van der Waals surface area contributed by atoms with E-state index in [0.717, 1.165) is 19.7 Å². The number of ether oxygens (including phenoxy) is 1. The lowest BCUT2D eigenvalue weighted by Gasteiger charge is -2.24. The molecule has 0 radical (unpaired) electrons. The van der Waals surface area contributed by atoms with Gasteiger partial charge in [0.1, 0.15) is 0 Å². The number of hydrogen-bond acceptors (Lipinski definition) is 2. The Morgan fingerprint density at radius 2 is 2.12 bits per heavy atom. The molecule has 1 saturated heterocycles. The predicted octanol–water partition coefficient (Wildman–Crippen LogP) is 2.86. The average Bonchev–Trinajstić information content (AvgIpc) is 2.39. The minimum absolute atomic E-state index is 0.236. The maximum absolute atomic E-state index is 5.73. The van der Waals surface area contributed by atoms with Gasteiger partial charge in [-0.3, -0.25) is 0 Å². The third-order valence-electron chi connectivity index (χ3n) is 3.42. The molecule has 16 heavy (non-hydrogen) atoms. The number of hydrogen-bond donors (Lipinski definition) is 1. The van der Waals surface area contributed by atoms with Gasteiger partial charge in [-0.15, -0.1) is 0 Å². The van der Waals surface area contributed by atoms with Gasteiger partial charge in [0.2, 0.25) is 0 Å². The van der Waals surface area contributed by atoms with Crippen LogP contribution in [0.2, 0.25) is 0 Å². The first kappa shape index (κ1) is 11.6. The van der Waals surface area contributed by atoms with Gasteiger partial charge in [-0.25, -0.2) is 0 Å². The molecule has 1 heterocycles. The maximum Gasteiger partial charge on any atom is 0.0949 e. The molecule has 0 amide bonds. The van der Waals surface area contributed by atoms with Crippen LogP contribution in [-0.4, -0.2) is 19.7 Å². The molecule has 1 aromatic rings. The topological polar surface area (TPSA) is 21.3 Å². The van der Waals surface area contributed by atoms with Crippen LogP contribution < -0.4 is 5.32 Å². The Kier molecular flexibility index (Phi) is 3.97. The quantitative estimate of drug-likeness (QED) is 0.844. The lowest BCUT2D eigenvalue weighted by atomic mass is 9.96. The monoisotopic (exact) mass is 219 g/mol. The molecule has 1 N–H and O–H groups in total. The molecule has 0 saturated carbocycles. The highest BCUT2D eigenvalue weighted by molar-refractivity contribution is 5.26. The van der Waals surface area contributed by atoms with Crippen molar-refractivity contribution in [3.8, 4) is 0 Å². The number of morpholine rings is 1. The highest BCUT2D eigenvalue weighted by Crippen LogP contribution is 2.23. The Morgan fingerprint density at radius 3 is 2.69 bits per heavy atom. The fourth-order valence-electron chi connectivity index (χ4n) is 2.05. The van der Waals surface area contributed by atoms with Crippen LogP contribution >= 0.6 is 0 Å². The summed E-state index contributed by atoms with van der Waals surface area (Å²) in [4.78, 5) is 0. The van der Waals surface area contributed by atoms with Crippen molar-refractivity contribution in [1.82, 2.24) is 5.32 Å². The summed E-state index contributed by atoms with van der Waals surface area (Å²) in [6.45, 7) is 7.22. The van der Waals surface area contributed by atoms with Crippen LogP contribution in [0.1, 0.15) is 43.4 Å². The van der Waals surface area contributed by atoms with E-state index >= 15 is 0 Å². The zero-order chi connectivity index (χ0) is 11.4. The molecule has 1 aromatic carbocycles. The van der Waals surface area contributed by atoms with E-state index < -0.39 is 0 Å². The van der Waals surface area contributed by atoms with E-state index in [-0.39, 0.29) is 6.10 Å². The lowest BCUT2D eigenvalue weighted by molar-refractivity contribution is 0.0277. The van der Waals surface area contributed by atoms with Crippen LogP contribution in [-0.2, 0) is 4.74 Å². The van der Waals surface area contributed by atoms with E-state index in [9.17, 15) is 0 Å². The van der Waals surface area contributed by atoms with Crippen molar-refractivity contribution in [2.75, 3.05) is 19.7 Å². The highest BCUT2D eigenvalue weighted by atomic mass is 16.5. The summed E-state index contributed by atoms with van der Waals surface area (Å²) in [7, 11) is 0. The summed E-state index contributed by atoms with van der Waals surface area (Å²) in [5, 5.41) is 3.36. The molecule has 1 fully saturated rings. The summed E-state index contributed by atoms with van der Waals surface area (Å²) in [6.07, 6.45) is 1.43. The van der Waals surface area contributed by atoms with Gasteiger partial charge in [-0.2, -0.15) is 0 Å². The molecule has 1 aliphatic rings. The van der Waals surface area contributed by atoms with Gasteiger partial charge in [0, 0.05) is 13.1 Å². The molecular formula is C14H21NO. The number of nitrogens with one attached hydrogen (secondary N) is 1. The largest absolute Gasteiger partial charge is 0.371 e. The summed E-state index contributed by atoms with van der Waals surface area (Å²) < 4.78 is 5.73. The van der Waals surface area contributed by atoms with E-state index in [1.54, 1.807) is 0 Å². The minimum atomic E-state index is 0.236. The van der Waals surface area contributed by atoms with Gasteiger partial charge in [0.05, 0.1) is 12.7 Å². The molecular weight excluding hydrogens is 198 g/mol. The van der Waals surface area contributed by atoms with Gasteiger partial charge in [-0.1, -0.05) is 38.1 Å². The molecule has 0 spiro atoms. The fourth-order valence-corrected chi connectivity index (χ4v) is 2.05. The summed E-state index contributed by atoms with van der Waals surface area (Å²) in [5.74, 6) is 0.652. The minimum Gasteiger partial charge on any atom is -0.371 e. The molecule has 0 aliphatic carbocycles. The van der Waals surface area contributed by atoms with Gasteiger partial charge in [0.15, 0.2) is 0 Å². The summed E-state index contributed by atoms with van der Waals surface area (Å²) in [5.41, 5.74) is 2.72. The molecule has 1 aliphatic heterocycles. The van der Waals surface area contributed by atoms with Crippen LogP contribution in [0.4, 0.5) is 0 Å². The van der Waals surface area contributed by atoms with Crippen molar-refractivity contribution >= 4 is 0 Å².